The van der Waals surface area contributed by atoms with Crippen LogP contribution in [0.4, 0.5) is 5.69 Å². The molecule has 1 atom stereocenters. The molecule has 0 heterocycles. The van der Waals surface area contributed by atoms with Crippen LogP contribution in [0.15, 0.2) is 97.1 Å². The van der Waals surface area contributed by atoms with Gasteiger partial charge in [0.25, 0.3) is 5.69 Å². The topological polar surface area (TPSA) is 63.4 Å². The lowest BCUT2D eigenvalue weighted by molar-refractivity contribution is -0.384. The fourth-order valence-corrected chi connectivity index (χ4v) is 3.86. The summed E-state index contributed by atoms with van der Waals surface area (Å²) in [6.07, 6.45) is 0.849. The molecule has 154 valence electrons. The Morgan fingerprint density at radius 1 is 0.806 bits per heavy atom. The molecule has 0 aromatic heterocycles. The van der Waals surface area contributed by atoms with Crippen LogP contribution in [-0.2, 0) is 6.42 Å². The van der Waals surface area contributed by atoms with Gasteiger partial charge < -0.3 is 5.11 Å². The number of non-ortho nitro benzene ring substituents is 1. The van der Waals surface area contributed by atoms with Crippen LogP contribution in [0.3, 0.4) is 0 Å². The van der Waals surface area contributed by atoms with Crippen molar-refractivity contribution in [3.05, 3.63) is 118 Å². The molecule has 0 spiro atoms. The van der Waals surface area contributed by atoms with Crippen LogP contribution in [0.1, 0.15) is 24.0 Å². The Bertz CT molecular complexity index is 1180. The summed E-state index contributed by atoms with van der Waals surface area (Å²) < 4.78 is 0. The minimum absolute atomic E-state index is 0.0945. The molecule has 0 saturated carbocycles. The van der Waals surface area contributed by atoms with Gasteiger partial charge >= 0.3 is 0 Å². The maximum atomic E-state index is 10.8. The molecular weight excluding hydrogens is 386 g/mol. The van der Waals surface area contributed by atoms with Crippen LogP contribution >= 0.6 is 0 Å². The monoisotopic (exact) mass is 409 g/mol. The molecule has 0 aliphatic carbocycles. The fourth-order valence-electron chi connectivity index (χ4n) is 3.86. The lowest BCUT2D eigenvalue weighted by atomic mass is 9.88. The lowest BCUT2D eigenvalue weighted by Crippen LogP contribution is -2.00. The number of hydrogen-bond donors (Lipinski definition) is 1. The lowest BCUT2D eigenvalue weighted by Gasteiger charge is -2.16. The van der Waals surface area contributed by atoms with Crippen LogP contribution < -0.4 is 0 Å². The quantitative estimate of drug-likeness (QED) is 0.276. The molecule has 4 nitrogen and oxygen atoms in total. The van der Waals surface area contributed by atoms with Crippen molar-refractivity contribution in [1.29, 1.82) is 0 Å². The Kier molecular flexibility index (Phi) is 5.80. The summed E-state index contributed by atoms with van der Waals surface area (Å²) in [6, 6.07) is 30.6. The van der Waals surface area contributed by atoms with Gasteiger partial charge in [-0.05, 0) is 70.0 Å². The summed E-state index contributed by atoms with van der Waals surface area (Å²) in [7, 11) is 0. The number of nitro benzene ring substituents is 1. The normalized spacial score (nSPS) is 11.8. The third-order valence-corrected chi connectivity index (χ3v) is 5.60. The summed E-state index contributed by atoms with van der Waals surface area (Å²) in [5.41, 5.74) is 6.63. The van der Waals surface area contributed by atoms with Gasteiger partial charge in [-0.1, -0.05) is 67.6 Å². The van der Waals surface area contributed by atoms with Gasteiger partial charge in [0.1, 0.15) is 5.75 Å². The Morgan fingerprint density at radius 3 is 2.03 bits per heavy atom. The second-order valence-corrected chi connectivity index (χ2v) is 7.74. The molecule has 0 amide bonds. The Morgan fingerprint density at radius 2 is 1.42 bits per heavy atom. The highest BCUT2D eigenvalue weighted by Crippen LogP contribution is 2.32. The van der Waals surface area contributed by atoms with Gasteiger partial charge in [-0.2, -0.15) is 0 Å². The maximum absolute atomic E-state index is 10.8. The van der Waals surface area contributed by atoms with Crippen molar-refractivity contribution < 1.29 is 10.0 Å². The van der Waals surface area contributed by atoms with Gasteiger partial charge in [0.2, 0.25) is 0 Å². The van der Waals surface area contributed by atoms with Gasteiger partial charge in [-0.3, -0.25) is 10.1 Å². The van der Waals surface area contributed by atoms with E-state index in [1.807, 2.05) is 30.3 Å². The Balaban J connectivity index is 1.55. The van der Waals surface area contributed by atoms with E-state index in [9.17, 15) is 15.2 Å². The van der Waals surface area contributed by atoms with Gasteiger partial charge in [0.15, 0.2) is 0 Å². The van der Waals surface area contributed by atoms with E-state index in [2.05, 4.69) is 43.3 Å². The van der Waals surface area contributed by atoms with E-state index in [0.717, 1.165) is 28.7 Å². The first-order valence-corrected chi connectivity index (χ1v) is 10.2. The van der Waals surface area contributed by atoms with Gasteiger partial charge in [-0.25, -0.2) is 0 Å². The molecule has 4 aromatic carbocycles. The van der Waals surface area contributed by atoms with Gasteiger partial charge in [0.05, 0.1) is 4.92 Å². The number of phenols is 1. The van der Waals surface area contributed by atoms with Crippen molar-refractivity contribution in [2.75, 3.05) is 0 Å². The molecule has 0 radical (unpaired) electrons. The number of rotatable bonds is 6. The van der Waals surface area contributed by atoms with E-state index in [-0.39, 0.29) is 22.3 Å². The summed E-state index contributed by atoms with van der Waals surface area (Å²) in [6.45, 7) is 2.20. The van der Waals surface area contributed by atoms with Gasteiger partial charge in [-0.15, -0.1) is 0 Å². The van der Waals surface area contributed by atoms with E-state index >= 15 is 0 Å². The van der Waals surface area contributed by atoms with E-state index in [4.69, 9.17) is 0 Å². The summed E-state index contributed by atoms with van der Waals surface area (Å²) in [5.74, 6) is 0.556. The highest BCUT2D eigenvalue weighted by Gasteiger charge is 2.13. The molecule has 1 N–H and O–H groups in total. The third-order valence-electron chi connectivity index (χ3n) is 5.60. The zero-order chi connectivity index (χ0) is 21.8. The van der Waals surface area contributed by atoms with Crippen molar-refractivity contribution in [1.82, 2.24) is 0 Å². The average molecular weight is 409 g/mol. The molecule has 0 fully saturated rings. The van der Waals surface area contributed by atoms with E-state index in [1.54, 1.807) is 18.2 Å². The second kappa shape index (κ2) is 8.84. The minimum Gasteiger partial charge on any atom is -0.508 e. The molecule has 0 bridgehead atoms. The van der Waals surface area contributed by atoms with Crippen LogP contribution in [0, 0.1) is 10.1 Å². The van der Waals surface area contributed by atoms with Crippen molar-refractivity contribution in [2.24, 2.45) is 0 Å². The predicted molar refractivity (Wildman–Crippen MR) is 124 cm³/mol. The van der Waals surface area contributed by atoms with Crippen LogP contribution in [0.5, 0.6) is 5.75 Å². The first-order valence-electron chi connectivity index (χ1n) is 10.2. The molecule has 31 heavy (non-hydrogen) atoms. The first-order chi connectivity index (χ1) is 15.0. The van der Waals surface area contributed by atoms with Gasteiger partial charge in [0, 0.05) is 12.1 Å². The molecule has 4 heteroatoms. The van der Waals surface area contributed by atoms with Crippen molar-refractivity contribution in [3.8, 4) is 28.0 Å². The number of hydrogen-bond acceptors (Lipinski definition) is 3. The molecule has 0 aliphatic heterocycles. The number of aromatic hydroxyl groups is 1. The molecule has 0 saturated heterocycles. The predicted octanol–water partition coefficient (Wildman–Crippen LogP) is 6.98. The van der Waals surface area contributed by atoms with Crippen molar-refractivity contribution in [3.63, 3.8) is 0 Å². The van der Waals surface area contributed by atoms with Crippen LogP contribution in [0.2, 0.25) is 0 Å². The summed E-state index contributed by atoms with van der Waals surface area (Å²) in [5, 5.41) is 20.8. The molecule has 4 aromatic rings. The Hall–Kier alpha value is -3.92. The molecule has 0 aliphatic rings. The van der Waals surface area contributed by atoms with Crippen LogP contribution in [0.25, 0.3) is 22.3 Å². The first kappa shape index (κ1) is 20.4. The zero-order valence-corrected chi connectivity index (χ0v) is 17.2. The highest BCUT2D eigenvalue weighted by molar-refractivity contribution is 5.69. The molecular formula is C27H23NO3. The highest BCUT2D eigenvalue weighted by atomic mass is 16.6. The van der Waals surface area contributed by atoms with E-state index in [0.29, 0.717) is 0 Å². The van der Waals surface area contributed by atoms with Crippen LogP contribution in [-0.4, -0.2) is 10.0 Å². The maximum Gasteiger partial charge on any atom is 0.269 e. The summed E-state index contributed by atoms with van der Waals surface area (Å²) in [4.78, 5) is 10.5. The SMILES string of the molecule is CC(Cc1ccc(O)cc1-c1ccccc1)c1ccc(-c2ccc([N+](=O)[O-])cc2)cc1. The third kappa shape index (κ3) is 4.64. The minimum atomic E-state index is -0.387. The smallest absolute Gasteiger partial charge is 0.269 e. The van der Waals surface area contributed by atoms with Crippen molar-refractivity contribution >= 4 is 5.69 Å². The van der Waals surface area contributed by atoms with E-state index < -0.39 is 0 Å². The molecule has 4 rings (SSSR count). The van der Waals surface area contributed by atoms with E-state index in [1.165, 1.54) is 23.3 Å². The number of benzene rings is 4. The molecule has 1 unspecified atom stereocenters. The standard InChI is InChI=1S/C27H23NO3/c1-19(17-24-13-16-26(29)18-27(24)23-5-3-2-4-6-23)20-7-9-21(10-8-20)22-11-14-25(15-12-22)28(30)31/h2-16,18-19,29H,17H2,1H3. The average Bonchev–Trinajstić information content (AvgIpc) is 2.81. The number of nitro groups is 1. The number of phenolic OH excluding ortho intramolecular Hbond substituents is 1. The second-order valence-electron chi connectivity index (χ2n) is 7.74. The zero-order valence-electron chi connectivity index (χ0n) is 17.2. The Labute approximate surface area is 181 Å². The fraction of sp³-hybridized carbons (Fsp3) is 0.111. The summed E-state index contributed by atoms with van der Waals surface area (Å²) >= 11 is 0. The number of nitrogens with zero attached hydrogens (tertiary/aromatic N) is 1. The van der Waals surface area contributed by atoms with Crippen molar-refractivity contribution in [2.45, 2.75) is 19.3 Å². The largest absolute Gasteiger partial charge is 0.508 e.